The van der Waals surface area contributed by atoms with Gasteiger partial charge in [-0.25, -0.2) is 0 Å². The Kier molecular flexibility index (Phi) is 8.16. The zero-order valence-electron chi connectivity index (χ0n) is 13.2. The summed E-state index contributed by atoms with van der Waals surface area (Å²) in [6.07, 6.45) is 0. The second-order valence-electron chi connectivity index (χ2n) is 6.36. The molecule has 0 saturated carbocycles. The number of benzene rings is 1. The van der Waals surface area contributed by atoms with E-state index in [9.17, 15) is 0 Å². The molecule has 0 aromatic heterocycles. The Morgan fingerprint density at radius 3 is 2.20 bits per heavy atom. The minimum Gasteiger partial charge on any atom is -0.370 e. The minimum atomic E-state index is -0.0480. The Morgan fingerprint density at radius 2 is 1.75 bits per heavy atom. The standard InChI is InChI=1S/C16H27N3.HI/c1-12(2)14(13-9-7-6-8-10-13)11-18-15(17)19-16(3,4)5;/h6-10,12,14H,11H2,1-5H3,(H3,17,18,19);1H. The Labute approximate surface area is 140 Å². The maximum atomic E-state index is 5.93. The molecule has 1 aromatic carbocycles. The van der Waals surface area contributed by atoms with Crippen LogP contribution in [0.25, 0.3) is 0 Å². The molecule has 3 nitrogen and oxygen atoms in total. The van der Waals surface area contributed by atoms with Crippen LogP contribution in [0.4, 0.5) is 0 Å². The first-order chi connectivity index (χ1) is 8.79. The van der Waals surface area contributed by atoms with E-state index >= 15 is 0 Å². The van der Waals surface area contributed by atoms with Gasteiger partial charge in [-0.1, -0.05) is 44.2 Å². The Bertz CT molecular complexity index is 407. The van der Waals surface area contributed by atoms with Crippen molar-refractivity contribution in [3.63, 3.8) is 0 Å². The molecule has 4 heteroatoms. The second-order valence-corrected chi connectivity index (χ2v) is 6.36. The molecular formula is C16H28IN3. The summed E-state index contributed by atoms with van der Waals surface area (Å²) in [6.45, 7) is 11.4. The molecule has 0 heterocycles. The lowest BCUT2D eigenvalue weighted by Crippen LogP contribution is -2.45. The molecule has 1 atom stereocenters. The molecule has 0 radical (unpaired) electrons. The number of aliphatic imine (C=N–C) groups is 1. The van der Waals surface area contributed by atoms with Gasteiger partial charge in [-0.2, -0.15) is 0 Å². The summed E-state index contributed by atoms with van der Waals surface area (Å²) in [6, 6.07) is 10.5. The largest absolute Gasteiger partial charge is 0.370 e. The van der Waals surface area contributed by atoms with E-state index in [0.717, 1.165) is 6.54 Å². The van der Waals surface area contributed by atoms with Gasteiger partial charge in [-0.3, -0.25) is 4.99 Å². The lowest BCUT2D eigenvalue weighted by Gasteiger charge is -2.23. The average Bonchev–Trinajstić information content (AvgIpc) is 2.27. The van der Waals surface area contributed by atoms with Gasteiger partial charge in [0.2, 0.25) is 0 Å². The third-order valence-corrected chi connectivity index (χ3v) is 2.99. The number of nitrogens with zero attached hydrogens (tertiary/aromatic N) is 1. The molecular weight excluding hydrogens is 361 g/mol. The first kappa shape index (κ1) is 19.2. The lowest BCUT2D eigenvalue weighted by atomic mass is 9.88. The second kappa shape index (κ2) is 8.49. The third-order valence-electron chi connectivity index (χ3n) is 2.99. The highest BCUT2D eigenvalue weighted by molar-refractivity contribution is 14.0. The van der Waals surface area contributed by atoms with Gasteiger partial charge in [0.1, 0.15) is 0 Å². The molecule has 0 aliphatic heterocycles. The third kappa shape index (κ3) is 7.12. The van der Waals surface area contributed by atoms with Crippen molar-refractivity contribution in [1.82, 2.24) is 5.32 Å². The number of rotatable bonds is 4. The van der Waals surface area contributed by atoms with Crippen molar-refractivity contribution in [3.05, 3.63) is 35.9 Å². The molecule has 114 valence electrons. The van der Waals surface area contributed by atoms with Gasteiger partial charge in [0.05, 0.1) is 0 Å². The van der Waals surface area contributed by atoms with Crippen LogP contribution in [0.15, 0.2) is 35.3 Å². The number of guanidine groups is 1. The van der Waals surface area contributed by atoms with Crippen LogP contribution in [0.2, 0.25) is 0 Å². The summed E-state index contributed by atoms with van der Waals surface area (Å²) in [5.41, 5.74) is 7.20. The highest BCUT2D eigenvalue weighted by Crippen LogP contribution is 2.24. The molecule has 0 spiro atoms. The molecule has 0 saturated heterocycles. The molecule has 3 N–H and O–H groups in total. The number of hydrogen-bond donors (Lipinski definition) is 2. The highest BCUT2D eigenvalue weighted by atomic mass is 127. The predicted molar refractivity (Wildman–Crippen MR) is 98.8 cm³/mol. The summed E-state index contributed by atoms with van der Waals surface area (Å²) in [5, 5.41) is 3.19. The first-order valence-corrected chi connectivity index (χ1v) is 6.92. The van der Waals surface area contributed by atoms with Crippen LogP contribution in [0.3, 0.4) is 0 Å². The average molecular weight is 389 g/mol. The topological polar surface area (TPSA) is 50.4 Å². The molecule has 20 heavy (non-hydrogen) atoms. The van der Waals surface area contributed by atoms with E-state index in [1.54, 1.807) is 0 Å². The van der Waals surface area contributed by atoms with Crippen molar-refractivity contribution < 1.29 is 0 Å². The summed E-state index contributed by atoms with van der Waals surface area (Å²) < 4.78 is 0. The molecule has 0 amide bonds. The molecule has 1 rings (SSSR count). The summed E-state index contributed by atoms with van der Waals surface area (Å²) in [5.74, 6) is 1.46. The van der Waals surface area contributed by atoms with E-state index in [2.05, 4.69) is 69.2 Å². The van der Waals surface area contributed by atoms with Crippen LogP contribution >= 0.6 is 24.0 Å². The maximum Gasteiger partial charge on any atom is 0.189 e. The van der Waals surface area contributed by atoms with Crippen molar-refractivity contribution >= 4 is 29.9 Å². The first-order valence-electron chi connectivity index (χ1n) is 6.92. The SMILES string of the molecule is CC(C)C(CN=C(N)NC(C)(C)C)c1ccccc1.I. The van der Waals surface area contributed by atoms with E-state index in [1.807, 2.05) is 6.07 Å². The quantitative estimate of drug-likeness (QED) is 0.468. The predicted octanol–water partition coefficient (Wildman–Crippen LogP) is 3.75. The summed E-state index contributed by atoms with van der Waals surface area (Å²) >= 11 is 0. The number of halogens is 1. The van der Waals surface area contributed by atoms with Gasteiger partial charge in [-0.05, 0) is 32.3 Å². The molecule has 1 unspecified atom stereocenters. The van der Waals surface area contributed by atoms with Gasteiger partial charge >= 0.3 is 0 Å². The van der Waals surface area contributed by atoms with Gasteiger partial charge in [0.25, 0.3) is 0 Å². The normalized spacial score (nSPS) is 13.8. The highest BCUT2D eigenvalue weighted by Gasteiger charge is 2.16. The van der Waals surface area contributed by atoms with Crippen molar-refractivity contribution in [1.29, 1.82) is 0 Å². The van der Waals surface area contributed by atoms with E-state index in [1.165, 1.54) is 5.56 Å². The Balaban J connectivity index is 0.00000361. The van der Waals surface area contributed by atoms with E-state index in [4.69, 9.17) is 5.73 Å². The molecule has 1 aromatic rings. The molecule has 0 bridgehead atoms. The monoisotopic (exact) mass is 389 g/mol. The van der Waals surface area contributed by atoms with Gasteiger partial charge in [0, 0.05) is 18.0 Å². The number of nitrogens with one attached hydrogen (secondary N) is 1. The van der Waals surface area contributed by atoms with Crippen LogP contribution in [-0.2, 0) is 0 Å². The number of hydrogen-bond acceptors (Lipinski definition) is 1. The van der Waals surface area contributed by atoms with Crippen LogP contribution < -0.4 is 11.1 Å². The van der Waals surface area contributed by atoms with E-state index < -0.39 is 0 Å². The van der Waals surface area contributed by atoms with Gasteiger partial charge in [0.15, 0.2) is 5.96 Å². The van der Waals surface area contributed by atoms with Crippen molar-refractivity contribution in [2.75, 3.05) is 6.54 Å². The van der Waals surface area contributed by atoms with E-state index in [0.29, 0.717) is 17.8 Å². The smallest absolute Gasteiger partial charge is 0.189 e. The Hall–Kier alpha value is -0.780. The van der Waals surface area contributed by atoms with Crippen LogP contribution in [0, 0.1) is 5.92 Å². The zero-order chi connectivity index (χ0) is 14.5. The maximum absolute atomic E-state index is 5.93. The van der Waals surface area contributed by atoms with Crippen molar-refractivity contribution in [3.8, 4) is 0 Å². The summed E-state index contributed by atoms with van der Waals surface area (Å²) in [7, 11) is 0. The lowest BCUT2D eigenvalue weighted by molar-refractivity contribution is 0.493. The van der Waals surface area contributed by atoms with Crippen LogP contribution in [-0.4, -0.2) is 18.0 Å². The fourth-order valence-electron chi connectivity index (χ4n) is 2.02. The molecule has 0 aliphatic carbocycles. The van der Waals surface area contributed by atoms with Gasteiger partial charge in [-0.15, -0.1) is 24.0 Å². The summed E-state index contributed by atoms with van der Waals surface area (Å²) in [4.78, 5) is 4.49. The minimum absolute atomic E-state index is 0. The Morgan fingerprint density at radius 1 is 1.20 bits per heavy atom. The zero-order valence-corrected chi connectivity index (χ0v) is 15.5. The fraction of sp³-hybridized carbons (Fsp3) is 0.562. The van der Waals surface area contributed by atoms with Crippen LogP contribution in [0.5, 0.6) is 0 Å². The van der Waals surface area contributed by atoms with Crippen molar-refractivity contribution in [2.24, 2.45) is 16.6 Å². The number of nitrogens with two attached hydrogens (primary N) is 1. The molecule has 0 aliphatic rings. The van der Waals surface area contributed by atoms with E-state index in [-0.39, 0.29) is 29.5 Å². The fourth-order valence-corrected chi connectivity index (χ4v) is 2.02. The van der Waals surface area contributed by atoms with Crippen molar-refractivity contribution in [2.45, 2.75) is 46.1 Å². The van der Waals surface area contributed by atoms with Gasteiger partial charge < -0.3 is 11.1 Å². The van der Waals surface area contributed by atoms with Crippen LogP contribution in [0.1, 0.15) is 46.1 Å². The molecule has 0 fully saturated rings.